The van der Waals surface area contributed by atoms with E-state index in [0.717, 1.165) is 6.07 Å². The first kappa shape index (κ1) is 23.4. The van der Waals surface area contributed by atoms with E-state index in [2.05, 4.69) is 5.16 Å². The number of benzene rings is 2. The zero-order valence-corrected chi connectivity index (χ0v) is 18.5. The Bertz CT molecular complexity index is 1240. The first-order valence-electron chi connectivity index (χ1n) is 9.22. The number of oxime groups is 1. The van der Waals surface area contributed by atoms with Crippen molar-refractivity contribution in [2.45, 2.75) is 0 Å². The molecule has 0 bridgehead atoms. The van der Waals surface area contributed by atoms with Crippen molar-refractivity contribution < 1.29 is 18.4 Å². The summed E-state index contributed by atoms with van der Waals surface area (Å²) in [5.41, 5.74) is -0.148. The Balaban J connectivity index is 2.15. The summed E-state index contributed by atoms with van der Waals surface area (Å²) in [6.07, 6.45) is 1.36. The van der Waals surface area contributed by atoms with Gasteiger partial charge in [-0.15, -0.1) is 0 Å². The zero-order valence-electron chi connectivity index (χ0n) is 17.0. The Morgan fingerprint density at radius 2 is 1.78 bits per heavy atom. The maximum absolute atomic E-state index is 14.6. The van der Waals surface area contributed by atoms with E-state index in [1.54, 1.807) is 32.3 Å². The van der Waals surface area contributed by atoms with Gasteiger partial charge < -0.3 is 9.74 Å². The molecule has 6 nitrogen and oxygen atoms in total. The Labute approximate surface area is 192 Å². The van der Waals surface area contributed by atoms with E-state index in [1.165, 1.54) is 33.9 Å². The van der Waals surface area contributed by atoms with E-state index in [0.29, 0.717) is 6.07 Å². The number of pyridine rings is 1. The van der Waals surface area contributed by atoms with Crippen LogP contribution in [0, 0.1) is 11.6 Å². The molecule has 0 spiro atoms. The highest BCUT2D eigenvalue weighted by molar-refractivity contribution is 6.37. The Morgan fingerprint density at radius 3 is 2.41 bits per heavy atom. The third-order valence-electron chi connectivity index (χ3n) is 4.39. The number of aromatic nitrogens is 1. The average Bonchev–Trinajstić information content (AvgIpc) is 2.73. The van der Waals surface area contributed by atoms with Crippen molar-refractivity contribution in [1.29, 1.82) is 0 Å². The fraction of sp³-hybridized carbons (Fsp3) is 0.136. The minimum atomic E-state index is -0.903. The molecule has 32 heavy (non-hydrogen) atoms. The van der Waals surface area contributed by atoms with Crippen LogP contribution < -0.4 is 5.56 Å². The molecule has 3 rings (SSSR count). The van der Waals surface area contributed by atoms with E-state index in [9.17, 15) is 18.4 Å². The summed E-state index contributed by atoms with van der Waals surface area (Å²) in [6.45, 7) is -0.407. The molecule has 0 saturated heterocycles. The number of para-hydroxylation sites is 1. The highest BCUT2D eigenvalue weighted by Crippen LogP contribution is 2.27. The molecule has 0 atom stereocenters. The number of halogens is 4. The second kappa shape index (κ2) is 9.93. The van der Waals surface area contributed by atoms with Gasteiger partial charge in [0.25, 0.3) is 11.5 Å². The van der Waals surface area contributed by atoms with Crippen molar-refractivity contribution in [1.82, 2.24) is 9.47 Å². The van der Waals surface area contributed by atoms with Crippen LogP contribution in [0.5, 0.6) is 0 Å². The van der Waals surface area contributed by atoms with E-state index in [-0.39, 0.29) is 38.5 Å². The fourth-order valence-electron chi connectivity index (χ4n) is 2.74. The molecule has 0 aliphatic heterocycles. The van der Waals surface area contributed by atoms with Gasteiger partial charge in [-0.1, -0.05) is 34.4 Å². The van der Waals surface area contributed by atoms with Gasteiger partial charge in [0.15, 0.2) is 6.61 Å². The van der Waals surface area contributed by atoms with Crippen LogP contribution in [0.1, 0.15) is 11.1 Å². The number of hydrogen-bond acceptors (Lipinski definition) is 4. The van der Waals surface area contributed by atoms with Crippen LogP contribution in [0.15, 0.2) is 64.7 Å². The lowest BCUT2D eigenvalue weighted by molar-refractivity contribution is -0.133. The number of carbonyl (C=O) groups is 1. The second-order valence-electron chi connectivity index (χ2n) is 6.82. The lowest BCUT2D eigenvalue weighted by atomic mass is 10.0. The molecule has 1 heterocycles. The van der Waals surface area contributed by atoms with Crippen molar-refractivity contribution in [3.63, 3.8) is 0 Å². The summed E-state index contributed by atoms with van der Waals surface area (Å²) in [6, 6.07) is 10.3. The van der Waals surface area contributed by atoms with E-state index in [1.807, 2.05) is 0 Å². The molecular formula is C22H17Cl2F2N3O3. The van der Waals surface area contributed by atoms with Crippen molar-refractivity contribution >= 4 is 34.8 Å². The Hall–Kier alpha value is -3.23. The normalized spacial score (nSPS) is 11.4. The third-order valence-corrected chi connectivity index (χ3v) is 5.00. The molecule has 0 aliphatic carbocycles. The summed E-state index contributed by atoms with van der Waals surface area (Å²) < 4.78 is 29.2. The quantitative estimate of drug-likeness (QED) is 0.391. The number of likely N-dealkylation sites (N-methyl/N-ethyl adjacent to an activating group) is 1. The van der Waals surface area contributed by atoms with Crippen LogP contribution >= 0.6 is 23.2 Å². The van der Waals surface area contributed by atoms with Gasteiger partial charge in [-0.3, -0.25) is 14.2 Å². The van der Waals surface area contributed by atoms with E-state index in [4.69, 9.17) is 28.0 Å². The molecule has 10 heteroatoms. The number of rotatable bonds is 6. The number of amides is 1. The summed E-state index contributed by atoms with van der Waals surface area (Å²) in [5.74, 6) is -2.05. The molecule has 2 aromatic carbocycles. The van der Waals surface area contributed by atoms with Crippen LogP contribution in [-0.4, -0.2) is 41.8 Å². The molecule has 1 amide bonds. The molecule has 0 unspecified atom stereocenters. The molecule has 0 aliphatic rings. The summed E-state index contributed by atoms with van der Waals surface area (Å²) in [5, 5.41) is 4.35. The van der Waals surface area contributed by atoms with Crippen molar-refractivity contribution in [2.24, 2.45) is 5.16 Å². The number of carbonyl (C=O) groups excluding carboxylic acids is 1. The second-order valence-corrected chi connectivity index (χ2v) is 7.64. The van der Waals surface area contributed by atoms with Gasteiger partial charge in [0.2, 0.25) is 0 Å². The highest BCUT2D eigenvalue weighted by atomic mass is 35.5. The van der Waals surface area contributed by atoms with Crippen molar-refractivity contribution in [3.05, 3.63) is 97.9 Å². The van der Waals surface area contributed by atoms with Crippen LogP contribution in [0.4, 0.5) is 8.78 Å². The van der Waals surface area contributed by atoms with Gasteiger partial charge in [-0.05, 0) is 30.3 Å². The molecule has 166 valence electrons. The van der Waals surface area contributed by atoms with Gasteiger partial charge in [0, 0.05) is 43.6 Å². The molecule has 0 radical (unpaired) electrons. The predicted octanol–water partition coefficient (Wildman–Crippen LogP) is 4.28. The molecule has 1 aromatic heterocycles. The van der Waals surface area contributed by atoms with Crippen LogP contribution in [0.2, 0.25) is 10.0 Å². The predicted molar refractivity (Wildman–Crippen MR) is 119 cm³/mol. The molecule has 0 fully saturated rings. The monoisotopic (exact) mass is 479 g/mol. The minimum absolute atomic E-state index is 0.0639. The van der Waals surface area contributed by atoms with E-state index >= 15 is 0 Å². The van der Waals surface area contributed by atoms with E-state index < -0.39 is 23.8 Å². The maximum atomic E-state index is 14.6. The topological polar surface area (TPSA) is 63.9 Å². The number of nitrogens with zero attached hydrogens (tertiary/aromatic N) is 3. The SMILES string of the molecule is CN(C)C(=O)CON=C(c1ccc(=O)n(-c2c(Cl)cccc2Cl)c1)c1ccc(F)cc1F. The van der Waals surface area contributed by atoms with Crippen LogP contribution in [0.25, 0.3) is 5.69 Å². The highest BCUT2D eigenvalue weighted by Gasteiger charge is 2.18. The third kappa shape index (κ3) is 5.15. The first-order valence-corrected chi connectivity index (χ1v) is 9.97. The summed E-state index contributed by atoms with van der Waals surface area (Å²) in [4.78, 5) is 30.8. The van der Waals surface area contributed by atoms with Gasteiger partial charge in [0.1, 0.15) is 17.3 Å². The van der Waals surface area contributed by atoms with Gasteiger partial charge >= 0.3 is 0 Å². The van der Waals surface area contributed by atoms with Crippen molar-refractivity contribution in [2.75, 3.05) is 20.7 Å². The lowest BCUT2D eigenvalue weighted by Gasteiger charge is -2.14. The van der Waals surface area contributed by atoms with Gasteiger partial charge in [-0.2, -0.15) is 0 Å². The fourth-order valence-corrected chi connectivity index (χ4v) is 3.32. The summed E-state index contributed by atoms with van der Waals surface area (Å²) >= 11 is 12.5. The first-order chi connectivity index (χ1) is 15.2. The Morgan fingerprint density at radius 1 is 1.09 bits per heavy atom. The lowest BCUT2D eigenvalue weighted by Crippen LogP contribution is -2.26. The number of hydrogen-bond donors (Lipinski definition) is 0. The van der Waals surface area contributed by atoms with Crippen LogP contribution in [0.3, 0.4) is 0 Å². The van der Waals surface area contributed by atoms with Gasteiger partial charge in [0.05, 0.1) is 15.7 Å². The summed E-state index contributed by atoms with van der Waals surface area (Å²) in [7, 11) is 3.08. The molecular weight excluding hydrogens is 463 g/mol. The smallest absolute Gasteiger partial charge is 0.262 e. The average molecular weight is 480 g/mol. The Kier molecular flexibility index (Phi) is 7.27. The largest absolute Gasteiger partial charge is 0.385 e. The van der Waals surface area contributed by atoms with Crippen LogP contribution in [-0.2, 0) is 9.63 Å². The van der Waals surface area contributed by atoms with Crippen molar-refractivity contribution in [3.8, 4) is 5.69 Å². The zero-order chi connectivity index (χ0) is 23.4. The maximum Gasteiger partial charge on any atom is 0.262 e. The molecule has 0 N–H and O–H groups in total. The molecule has 0 saturated carbocycles. The standard InChI is InChI=1S/C22H17Cl2F2N3O3/c1-28(2)20(31)12-32-27-21(15-8-7-14(25)10-18(15)26)13-6-9-19(30)29(11-13)22-16(23)4-3-5-17(22)24/h3-11H,12H2,1-2H3. The van der Waals surface area contributed by atoms with Gasteiger partial charge in [-0.25, -0.2) is 8.78 Å². The minimum Gasteiger partial charge on any atom is -0.385 e. The molecule has 3 aromatic rings.